The molecular weight excluding hydrogens is 462 g/mol. The maximum Gasteiger partial charge on any atom is 0.233 e. The number of rotatable bonds is 6. The summed E-state index contributed by atoms with van der Waals surface area (Å²) in [6, 6.07) is 14.1. The van der Waals surface area contributed by atoms with Gasteiger partial charge in [-0.15, -0.1) is 0 Å². The molecule has 0 fully saturated rings. The SMILES string of the molecule is Oc1[nH]c(-c2ccccn2)cc1Oc1ncnc(Oc2cc(-c3ccccn3)[nH]c2O)c2cncc1-2. The number of pyridine rings is 2. The molecule has 0 saturated carbocycles. The molecule has 176 valence electrons. The highest BCUT2D eigenvalue weighted by atomic mass is 16.5. The Kier molecular flexibility index (Phi) is 5.11. The van der Waals surface area contributed by atoms with Gasteiger partial charge in [-0.1, -0.05) is 12.1 Å². The highest BCUT2D eigenvalue weighted by Crippen LogP contribution is 2.42. The molecule has 0 saturated heterocycles. The predicted octanol–water partition coefficient (Wildman–Crippen LogP) is 4.75. The van der Waals surface area contributed by atoms with E-state index >= 15 is 0 Å². The van der Waals surface area contributed by atoms with Gasteiger partial charge in [-0.3, -0.25) is 15.0 Å². The van der Waals surface area contributed by atoms with Gasteiger partial charge in [0.15, 0.2) is 11.5 Å². The van der Waals surface area contributed by atoms with Crippen molar-refractivity contribution in [3.63, 3.8) is 0 Å². The summed E-state index contributed by atoms with van der Waals surface area (Å²) >= 11 is 0. The first kappa shape index (κ1) is 21.1. The molecule has 6 rings (SSSR count). The van der Waals surface area contributed by atoms with Crippen LogP contribution in [0.25, 0.3) is 33.9 Å². The van der Waals surface area contributed by atoms with E-state index in [0.717, 1.165) is 0 Å². The number of aromatic amines is 2. The molecule has 4 aromatic rings. The predicted molar refractivity (Wildman–Crippen MR) is 128 cm³/mol. The Morgan fingerprint density at radius 1 is 0.639 bits per heavy atom. The highest BCUT2D eigenvalue weighted by Gasteiger charge is 2.22. The van der Waals surface area contributed by atoms with Crippen LogP contribution in [0.4, 0.5) is 0 Å². The minimum Gasteiger partial charge on any atom is -0.492 e. The van der Waals surface area contributed by atoms with Gasteiger partial charge in [-0.05, 0) is 24.3 Å². The Hall–Kier alpha value is -5.45. The Bertz CT molecular complexity index is 1500. The number of ether oxygens (including phenoxy) is 2. The van der Waals surface area contributed by atoms with Gasteiger partial charge in [0.1, 0.15) is 6.33 Å². The molecular formula is C25H17N7O4. The van der Waals surface area contributed by atoms with E-state index in [2.05, 4.69) is 34.9 Å². The molecule has 11 heteroatoms. The average molecular weight is 479 g/mol. The van der Waals surface area contributed by atoms with Crippen molar-refractivity contribution in [1.82, 2.24) is 34.9 Å². The molecule has 4 aromatic heterocycles. The lowest BCUT2D eigenvalue weighted by Gasteiger charge is -2.06. The normalized spacial score (nSPS) is 11.0. The molecule has 0 aliphatic carbocycles. The van der Waals surface area contributed by atoms with E-state index in [4.69, 9.17) is 9.47 Å². The number of hydrogen-bond donors (Lipinski definition) is 4. The van der Waals surface area contributed by atoms with Crippen molar-refractivity contribution in [3.8, 4) is 68.9 Å². The van der Waals surface area contributed by atoms with Gasteiger partial charge in [0.05, 0.1) is 33.9 Å². The van der Waals surface area contributed by atoms with Crippen LogP contribution in [0, 0.1) is 0 Å². The first-order chi connectivity index (χ1) is 17.7. The van der Waals surface area contributed by atoms with Crippen LogP contribution in [0.3, 0.4) is 0 Å². The molecule has 2 aliphatic rings. The van der Waals surface area contributed by atoms with Gasteiger partial charge in [0.2, 0.25) is 23.5 Å². The maximum atomic E-state index is 10.4. The van der Waals surface area contributed by atoms with Crippen molar-refractivity contribution in [1.29, 1.82) is 0 Å². The minimum absolute atomic E-state index is 0.152. The molecule has 0 aromatic carbocycles. The van der Waals surface area contributed by atoms with E-state index in [1.54, 1.807) is 61.2 Å². The van der Waals surface area contributed by atoms with E-state index in [1.807, 2.05) is 12.1 Å². The third kappa shape index (κ3) is 3.90. The fourth-order valence-electron chi connectivity index (χ4n) is 3.64. The number of hydrogen-bond acceptors (Lipinski definition) is 9. The molecule has 0 radical (unpaired) electrons. The standard InChI is InChI=1S/C25H17N7O4/c33-22-20(9-18(31-22)16-5-1-3-7-27-16)35-24-14-11-26-12-15(14)25(30-13-29-24)36-21-10-19(32-23(21)34)17-6-2-4-8-28-17/h1-13,31-34H. The number of nitrogens with one attached hydrogen (secondary N) is 2. The summed E-state index contributed by atoms with van der Waals surface area (Å²) in [5.41, 5.74) is 3.42. The van der Waals surface area contributed by atoms with Crippen molar-refractivity contribution < 1.29 is 19.7 Å². The summed E-state index contributed by atoms with van der Waals surface area (Å²) < 4.78 is 11.8. The summed E-state index contributed by atoms with van der Waals surface area (Å²) in [6.45, 7) is 0. The molecule has 4 N–H and O–H groups in total. The van der Waals surface area contributed by atoms with Crippen LogP contribution in [0.2, 0.25) is 0 Å². The van der Waals surface area contributed by atoms with Crippen molar-refractivity contribution in [3.05, 3.63) is 79.6 Å². The summed E-state index contributed by atoms with van der Waals surface area (Å²) in [5.74, 6) is 0.254. The van der Waals surface area contributed by atoms with Crippen LogP contribution in [-0.4, -0.2) is 45.1 Å². The second-order valence-corrected chi connectivity index (χ2v) is 7.64. The van der Waals surface area contributed by atoms with Crippen molar-refractivity contribution in [2.75, 3.05) is 0 Å². The fraction of sp³-hybridized carbons (Fsp3) is 0. The van der Waals surface area contributed by atoms with E-state index in [9.17, 15) is 10.2 Å². The van der Waals surface area contributed by atoms with Gasteiger partial charge in [0, 0.05) is 36.9 Å². The van der Waals surface area contributed by atoms with Crippen LogP contribution in [-0.2, 0) is 0 Å². The number of aromatic hydroxyl groups is 2. The van der Waals surface area contributed by atoms with Crippen LogP contribution < -0.4 is 9.47 Å². The van der Waals surface area contributed by atoms with E-state index in [0.29, 0.717) is 33.9 Å². The molecule has 6 heterocycles. The lowest BCUT2D eigenvalue weighted by Crippen LogP contribution is -1.88. The van der Waals surface area contributed by atoms with Crippen LogP contribution in [0.1, 0.15) is 0 Å². The lowest BCUT2D eigenvalue weighted by molar-refractivity contribution is 0.396. The molecule has 36 heavy (non-hydrogen) atoms. The molecule has 0 spiro atoms. The number of aromatic nitrogens is 7. The van der Waals surface area contributed by atoms with Crippen LogP contribution >= 0.6 is 0 Å². The largest absolute Gasteiger partial charge is 0.492 e. The quantitative estimate of drug-likeness (QED) is 0.265. The van der Waals surface area contributed by atoms with Gasteiger partial charge in [0.25, 0.3) is 0 Å². The number of H-pyrrole nitrogens is 2. The third-order valence-corrected chi connectivity index (χ3v) is 5.33. The first-order valence-corrected chi connectivity index (χ1v) is 10.8. The summed E-state index contributed by atoms with van der Waals surface area (Å²) in [7, 11) is 0. The molecule has 0 atom stereocenters. The monoisotopic (exact) mass is 479 g/mol. The number of fused-ring (bicyclic) bond motifs is 1. The molecule has 2 aliphatic heterocycles. The highest BCUT2D eigenvalue weighted by molar-refractivity contribution is 5.74. The fourth-order valence-corrected chi connectivity index (χ4v) is 3.64. The van der Waals surface area contributed by atoms with Gasteiger partial charge >= 0.3 is 0 Å². The lowest BCUT2D eigenvalue weighted by atomic mass is 10.2. The maximum absolute atomic E-state index is 10.4. The summed E-state index contributed by atoms with van der Waals surface area (Å²) in [4.78, 5) is 26.9. The van der Waals surface area contributed by atoms with Gasteiger partial charge < -0.3 is 29.7 Å². The van der Waals surface area contributed by atoms with Crippen LogP contribution in [0.5, 0.6) is 35.0 Å². The zero-order chi connectivity index (χ0) is 24.5. The van der Waals surface area contributed by atoms with Crippen molar-refractivity contribution in [2.24, 2.45) is 0 Å². The second-order valence-electron chi connectivity index (χ2n) is 7.64. The zero-order valence-electron chi connectivity index (χ0n) is 18.5. The smallest absolute Gasteiger partial charge is 0.233 e. The van der Waals surface area contributed by atoms with Gasteiger partial charge in [-0.25, -0.2) is 9.97 Å². The number of nitrogens with zero attached hydrogens (tertiary/aromatic N) is 5. The van der Waals surface area contributed by atoms with E-state index in [-0.39, 0.29) is 35.0 Å². The Morgan fingerprint density at radius 3 is 1.58 bits per heavy atom. The van der Waals surface area contributed by atoms with Crippen molar-refractivity contribution >= 4 is 0 Å². The molecule has 0 bridgehead atoms. The van der Waals surface area contributed by atoms with E-state index in [1.165, 1.54) is 6.33 Å². The average Bonchev–Trinajstić information content (AvgIpc) is 3.60. The Labute approximate surface area is 203 Å². The molecule has 0 amide bonds. The Morgan fingerprint density at radius 2 is 1.14 bits per heavy atom. The third-order valence-electron chi connectivity index (χ3n) is 5.33. The van der Waals surface area contributed by atoms with Crippen LogP contribution in [0.15, 0.2) is 79.6 Å². The molecule has 11 nitrogen and oxygen atoms in total. The molecule has 0 unspecified atom stereocenters. The second kappa shape index (κ2) is 8.72. The first-order valence-electron chi connectivity index (χ1n) is 10.8. The topological polar surface area (TPSA) is 155 Å². The zero-order valence-corrected chi connectivity index (χ0v) is 18.5. The Balaban J connectivity index is 1.29. The van der Waals surface area contributed by atoms with E-state index < -0.39 is 0 Å². The minimum atomic E-state index is -0.180. The summed E-state index contributed by atoms with van der Waals surface area (Å²) in [6.07, 6.45) is 7.66. The van der Waals surface area contributed by atoms with Gasteiger partial charge in [-0.2, -0.15) is 0 Å². The van der Waals surface area contributed by atoms with Crippen molar-refractivity contribution in [2.45, 2.75) is 0 Å². The summed E-state index contributed by atoms with van der Waals surface area (Å²) in [5, 5.41) is 20.8.